The summed E-state index contributed by atoms with van der Waals surface area (Å²) in [4.78, 5) is 12.3. The molecule has 2 aromatic carbocycles. The van der Waals surface area contributed by atoms with Crippen molar-refractivity contribution in [2.45, 2.75) is 24.9 Å². The van der Waals surface area contributed by atoms with Crippen LogP contribution in [-0.2, 0) is 0 Å². The number of benzene rings is 2. The zero-order chi connectivity index (χ0) is 19.4. The molecular weight excluding hydrogens is 347 g/mol. The summed E-state index contributed by atoms with van der Waals surface area (Å²) in [6.45, 7) is 1.90. The summed E-state index contributed by atoms with van der Waals surface area (Å²) in [5.74, 6) is 0.119. The number of methoxy groups -OCH3 is 2. The summed E-state index contributed by atoms with van der Waals surface area (Å²) >= 11 is 0. The Morgan fingerprint density at radius 1 is 1.15 bits per heavy atom. The summed E-state index contributed by atoms with van der Waals surface area (Å²) in [5.41, 5.74) is 0.421. The number of halogens is 1. The zero-order valence-electron chi connectivity index (χ0n) is 15.5. The quantitative estimate of drug-likeness (QED) is 0.536. The molecule has 0 bridgehead atoms. The number of carbonyl (C=O) groups excluding carboxylic acids is 1. The number of azo groups is 1. The van der Waals surface area contributed by atoms with E-state index in [1.54, 1.807) is 19.3 Å². The van der Waals surface area contributed by atoms with Crippen molar-refractivity contribution in [3.05, 3.63) is 71.6 Å². The summed E-state index contributed by atoms with van der Waals surface area (Å²) < 4.78 is 24.2. The molecule has 6 heteroatoms. The van der Waals surface area contributed by atoms with Crippen molar-refractivity contribution in [1.29, 1.82) is 0 Å². The number of hydrogen-bond acceptors (Lipinski definition) is 5. The van der Waals surface area contributed by atoms with E-state index in [4.69, 9.17) is 9.47 Å². The lowest BCUT2D eigenvalue weighted by atomic mass is 9.91. The van der Waals surface area contributed by atoms with Gasteiger partial charge in [0.05, 0.1) is 31.4 Å². The van der Waals surface area contributed by atoms with Crippen molar-refractivity contribution in [2.75, 3.05) is 14.2 Å². The first-order valence-corrected chi connectivity index (χ1v) is 8.57. The molecule has 0 amide bonds. The normalized spacial score (nSPS) is 21.6. The van der Waals surface area contributed by atoms with Crippen LogP contribution in [-0.4, -0.2) is 25.5 Å². The van der Waals surface area contributed by atoms with E-state index >= 15 is 0 Å². The lowest BCUT2D eigenvalue weighted by Crippen LogP contribution is -2.16. The molecule has 0 fully saturated rings. The third kappa shape index (κ3) is 4.22. The van der Waals surface area contributed by atoms with Crippen LogP contribution in [0.3, 0.4) is 0 Å². The van der Waals surface area contributed by atoms with Gasteiger partial charge in [0.2, 0.25) is 0 Å². The van der Waals surface area contributed by atoms with Crippen molar-refractivity contribution >= 4 is 5.78 Å². The van der Waals surface area contributed by atoms with E-state index in [9.17, 15) is 9.18 Å². The third-order valence-electron chi connectivity index (χ3n) is 4.57. The fourth-order valence-corrected chi connectivity index (χ4v) is 2.95. The molecule has 1 aliphatic heterocycles. The van der Waals surface area contributed by atoms with Crippen LogP contribution in [0, 0.1) is 5.82 Å². The minimum Gasteiger partial charge on any atom is -0.497 e. The fourth-order valence-electron chi connectivity index (χ4n) is 2.95. The SMILES string of the molecule is COc1ccc(C2CC(C)(C=CC(=O)c3ccc(OC)cc3F)N=N2)cc1. The second kappa shape index (κ2) is 7.70. The van der Waals surface area contributed by atoms with Gasteiger partial charge in [-0.15, -0.1) is 0 Å². The lowest BCUT2D eigenvalue weighted by molar-refractivity contribution is 0.104. The topological polar surface area (TPSA) is 60.2 Å². The summed E-state index contributed by atoms with van der Waals surface area (Å²) in [5, 5.41) is 8.66. The fraction of sp³-hybridized carbons (Fsp3) is 0.286. The Kier molecular flexibility index (Phi) is 5.35. The Morgan fingerprint density at radius 2 is 1.81 bits per heavy atom. The lowest BCUT2D eigenvalue weighted by Gasteiger charge is -2.15. The average molecular weight is 368 g/mol. The van der Waals surface area contributed by atoms with E-state index in [0.717, 1.165) is 11.3 Å². The molecule has 5 nitrogen and oxygen atoms in total. The number of allylic oxidation sites excluding steroid dienone is 1. The van der Waals surface area contributed by atoms with Gasteiger partial charge in [0, 0.05) is 12.5 Å². The van der Waals surface area contributed by atoms with Crippen molar-refractivity contribution in [3.63, 3.8) is 0 Å². The van der Waals surface area contributed by atoms with Crippen LogP contribution >= 0.6 is 0 Å². The summed E-state index contributed by atoms with van der Waals surface area (Å²) in [7, 11) is 3.07. The van der Waals surface area contributed by atoms with Crippen molar-refractivity contribution < 1.29 is 18.7 Å². The van der Waals surface area contributed by atoms with Crippen molar-refractivity contribution in [2.24, 2.45) is 10.2 Å². The van der Waals surface area contributed by atoms with Gasteiger partial charge in [-0.3, -0.25) is 4.79 Å². The highest BCUT2D eigenvalue weighted by Gasteiger charge is 2.32. The highest BCUT2D eigenvalue weighted by atomic mass is 19.1. The van der Waals surface area contributed by atoms with Crippen LogP contribution in [0.1, 0.15) is 35.3 Å². The Hall–Kier alpha value is -3.02. The number of nitrogens with zero attached hydrogens (tertiary/aromatic N) is 2. The maximum Gasteiger partial charge on any atom is 0.188 e. The van der Waals surface area contributed by atoms with Gasteiger partial charge in [-0.1, -0.05) is 18.2 Å². The van der Waals surface area contributed by atoms with Crippen molar-refractivity contribution in [3.8, 4) is 11.5 Å². The van der Waals surface area contributed by atoms with Gasteiger partial charge in [-0.25, -0.2) is 4.39 Å². The summed E-state index contributed by atoms with van der Waals surface area (Å²) in [6.07, 6.45) is 3.68. The minimum atomic E-state index is -0.613. The molecule has 2 atom stereocenters. The Balaban J connectivity index is 1.70. The van der Waals surface area contributed by atoms with E-state index < -0.39 is 17.1 Å². The van der Waals surface area contributed by atoms with Gasteiger partial charge in [0.25, 0.3) is 0 Å². The molecule has 2 unspecified atom stereocenters. The molecule has 0 spiro atoms. The van der Waals surface area contributed by atoms with Gasteiger partial charge >= 0.3 is 0 Å². The van der Waals surface area contributed by atoms with Crippen LogP contribution in [0.4, 0.5) is 4.39 Å². The van der Waals surface area contributed by atoms with Gasteiger partial charge < -0.3 is 9.47 Å². The predicted molar refractivity (Wildman–Crippen MR) is 100 cm³/mol. The minimum absolute atomic E-state index is 0.00251. The number of hydrogen-bond donors (Lipinski definition) is 0. The smallest absolute Gasteiger partial charge is 0.188 e. The van der Waals surface area contributed by atoms with E-state index in [1.165, 1.54) is 25.3 Å². The number of rotatable bonds is 6. The monoisotopic (exact) mass is 368 g/mol. The van der Waals surface area contributed by atoms with Crippen LogP contribution in [0.2, 0.25) is 0 Å². The van der Waals surface area contributed by atoms with Gasteiger partial charge in [-0.05, 0) is 42.8 Å². The second-order valence-electron chi connectivity index (χ2n) is 6.61. The Bertz CT molecular complexity index is 893. The van der Waals surface area contributed by atoms with Crippen LogP contribution in [0.5, 0.6) is 11.5 Å². The van der Waals surface area contributed by atoms with Crippen LogP contribution in [0.15, 0.2) is 64.8 Å². The number of carbonyl (C=O) groups is 1. The third-order valence-corrected chi connectivity index (χ3v) is 4.57. The van der Waals surface area contributed by atoms with Gasteiger partial charge in [0.15, 0.2) is 5.78 Å². The maximum absolute atomic E-state index is 14.0. The first kappa shape index (κ1) is 18.8. The van der Waals surface area contributed by atoms with Crippen LogP contribution in [0.25, 0.3) is 0 Å². The highest BCUT2D eigenvalue weighted by molar-refractivity contribution is 6.04. The molecule has 27 heavy (non-hydrogen) atoms. The number of ether oxygens (including phenoxy) is 2. The van der Waals surface area contributed by atoms with E-state index in [2.05, 4.69) is 10.2 Å². The van der Waals surface area contributed by atoms with E-state index in [1.807, 2.05) is 31.2 Å². The predicted octanol–water partition coefficient (Wildman–Crippen LogP) is 4.94. The number of ketones is 1. The molecule has 0 aromatic heterocycles. The zero-order valence-corrected chi connectivity index (χ0v) is 15.5. The van der Waals surface area contributed by atoms with Gasteiger partial charge in [0.1, 0.15) is 17.3 Å². The highest BCUT2D eigenvalue weighted by Crippen LogP contribution is 2.38. The molecule has 0 saturated carbocycles. The van der Waals surface area contributed by atoms with Gasteiger partial charge in [-0.2, -0.15) is 10.2 Å². The molecule has 0 saturated heterocycles. The molecule has 140 valence electrons. The Labute approximate surface area is 157 Å². The first-order valence-electron chi connectivity index (χ1n) is 8.57. The average Bonchev–Trinajstić information content (AvgIpc) is 3.08. The maximum atomic E-state index is 14.0. The van der Waals surface area contributed by atoms with Crippen molar-refractivity contribution in [1.82, 2.24) is 0 Å². The molecule has 0 aliphatic carbocycles. The molecule has 1 aliphatic rings. The second-order valence-corrected chi connectivity index (χ2v) is 6.61. The molecule has 2 aromatic rings. The molecular formula is C21H21FN2O3. The molecule has 3 rings (SSSR count). The van der Waals surface area contributed by atoms with E-state index in [-0.39, 0.29) is 11.6 Å². The van der Waals surface area contributed by atoms with Crippen LogP contribution < -0.4 is 9.47 Å². The Morgan fingerprint density at radius 3 is 2.44 bits per heavy atom. The first-order chi connectivity index (χ1) is 12.9. The molecule has 0 N–H and O–H groups in total. The van der Waals surface area contributed by atoms with E-state index in [0.29, 0.717) is 12.2 Å². The molecule has 1 heterocycles. The largest absolute Gasteiger partial charge is 0.497 e. The summed E-state index contributed by atoms with van der Waals surface area (Å²) in [6, 6.07) is 11.8. The standard InChI is InChI=1S/C21H21FN2O3/c1-21(11-10-20(25)17-9-8-16(27-3)12-18(17)22)13-19(23-24-21)14-4-6-15(26-2)7-5-14/h4-12,19H,13H2,1-3H3. The molecule has 0 radical (unpaired) electrons.